The van der Waals surface area contributed by atoms with Crippen LogP contribution in [0.4, 0.5) is 5.69 Å². The first-order chi connectivity index (χ1) is 13.3. The van der Waals surface area contributed by atoms with Crippen LogP contribution in [-0.4, -0.2) is 24.5 Å². The van der Waals surface area contributed by atoms with Gasteiger partial charge in [0.15, 0.2) is 15.7 Å². The highest BCUT2D eigenvalue weighted by Gasteiger charge is 2.19. The number of nitrogens with one attached hydrogen (secondary N) is 1. The topological polar surface area (TPSA) is 102 Å². The van der Waals surface area contributed by atoms with Crippen LogP contribution >= 0.6 is 23.2 Å². The molecule has 0 atom stereocenters. The summed E-state index contributed by atoms with van der Waals surface area (Å²) in [5, 5.41) is 7.23. The summed E-state index contributed by atoms with van der Waals surface area (Å²) in [6.45, 7) is 0. The second-order valence-corrected chi connectivity index (χ2v) is 8.68. The lowest BCUT2D eigenvalue weighted by Crippen LogP contribution is -2.12. The molecule has 10 heteroatoms. The van der Waals surface area contributed by atoms with Gasteiger partial charge in [-0.2, -0.15) is 4.98 Å². The summed E-state index contributed by atoms with van der Waals surface area (Å²) in [4.78, 5) is 16.2. The molecule has 0 bridgehead atoms. The molecule has 1 heterocycles. The van der Waals surface area contributed by atoms with E-state index in [1.807, 2.05) is 0 Å². The molecule has 0 fully saturated rings. The minimum atomic E-state index is -3.63. The normalized spacial score (nSPS) is 11.4. The van der Waals surface area contributed by atoms with Crippen LogP contribution in [0.15, 0.2) is 57.9 Å². The number of halogens is 2. The summed E-state index contributed by atoms with van der Waals surface area (Å²) in [5.74, 6) is -0.488. The number of para-hydroxylation sites is 1. The molecule has 1 aromatic heterocycles. The van der Waals surface area contributed by atoms with E-state index in [-0.39, 0.29) is 35.4 Å². The van der Waals surface area contributed by atoms with Gasteiger partial charge in [-0.3, -0.25) is 4.79 Å². The summed E-state index contributed by atoms with van der Waals surface area (Å²) in [5.41, 5.74) is 0.509. The summed E-state index contributed by atoms with van der Waals surface area (Å²) < 4.78 is 29.8. The zero-order valence-electron chi connectivity index (χ0n) is 14.4. The summed E-state index contributed by atoms with van der Waals surface area (Å²) in [7, 11) is -3.63. The van der Waals surface area contributed by atoms with E-state index >= 15 is 0 Å². The Morgan fingerprint density at radius 1 is 1.07 bits per heavy atom. The van der Waals surface area contributed by atoms with E-state index in [0.717, 1.165) is 0 Å². The van der Waals surface area contributed by atoms with Gasteiger partial charge in [0, 0.05) is 17.9 Å². The second-order valence-electron chi connectivity index (χ2n) is 5.85. The zero-order valence-corrected chi connectivity index (χ0v) is 16.8. The molecule has 1 N–H and O–H groups in total. The van der Waals surface area contributed by atoms with Crippen LogP contribution in [0.2, 0.25) is 10.0 Å². The Morgan fingerprint density at radius 3 is 2.50 bits per heavy atom. The van der Waals surface area contributed by atoms with Crippen molar-refractivity contribution in [1.29, 1.82) is 0 Å². The molecular weight excluding hydrogens is 425 g/mol. The fraction of sp³-hybridized carbons (Fsp3) is 0.167. The summed E-state index contributed by atoms with van der Waals surface area (Å²) >= 11 is 11.8. The minimum Gasteiger partial charge on any atom is -0.339 e. The van der Waals surface area contributed by atoms with E-state index in [1.165, 1.54) is 24.3 Å². The standard InChI is InChI=1S/C18H15Cl2N3O4S/c19-12-5-7-13(8-6-12)28(25,26)11-16-22-18(27-23-16)10-9-17(24)21-15-4-2-1-3-14(15)20/h1-8H,9-11H2,(H,21,24). The molecule has 0 saturated carbocycles. The van der Waals surface area contributed by atoms with Gasteiger partial charge in [0.05, 0.1) is 15.6 Å². The smallest absolute Gasteiger partial charge is 0.227 e. The molecule has 3 aromatic rings. The third-order valence-electron chi connectivity index (χ3n) is 3.72. The third kappa shape index (κ3) is 5.31. The Labute approximate surface area is 171 Å². The monoisotopic (exact) mass is 439 g/mol. The third-order valence-corrected chi connectivity index (χ3v) is 5.93. The molecule has 0 aliphatic rings. The number of sulfone groups is 1. The van der Waals surface area contributed by atoms with Crippen molar-refractivity contribution in [3.05, 3.63) is 70.3 Å². The number of amides is 1. The van der Waals surface area contributed by atoms with E-state index < -0.39 is 15.6 Å². The van der Waals surface area contributed by atoms with E-state index in [4.69, 9.17) is 27.7 Å². The Balaban J connectivity index is 1.57. The Morgan fingerprint density at radius 2 is 1.79 bits per heavy atom. The first kappa shape index (κ1) is 20.3. The maximum Gasteiger partial charge on any atom is 0.227 e. The molecule has 0 spiro atoms. The number of rotatable bonds is 7. The fourth-order valence-electron chi connectivity index (χ4n) is 2.34. The van der Waals surface area contributed by atoms with Gasteiger partial charge in [-0.25, -0.2) is 8.42 Å². The number of hydrogen-bond donors (Lipinski definition) is 1. The molecule has 0 unspecified atom stereocenters. The van der Waals surface area contributed by atoms with Crippen molar-refractivity contribution >= 4 is 44.6 Å². The molecule has 0 saturated heterocycles. The van der Waals surface area contributed by atoms with Gasteiger partial charge in [-0.05, 0) is 36.4 Å². The highest BCUT2D eigenvalue weighted by Crippen LogP contribution is 2.21. The molecule has 0 aliphatic heterocycles. The average molecular weight is 440 g/mol. The van der Waals surface area contributed by atoms with E-state index in [9.17, 15) is 13.2 Å². The Hall–Kier alpha value is -2.42. The van der Waals surface area contributed by atoms with Crippen molar-refractivity contribution in [3.8, 4) is 0 Å². The zero-order chi connectivity index (χ0) is 20.1. The predicted octanol–water partition coefficient (Wildman–Crippen LogP) is 3.92. The number of nitrogens with zero attached hydrogens (tertiary/aromatic N) is 2. The average Bonchev–Trinajstić information content (AvgIpc) is 3.09. The summed E-state index contributed by atoms with van der Waals surface area (Å²) in [6.07, 6.45) is 0.251. The van der Waals surface area contributed by atoms with Crippen LogP contribution in [-0.2, 0) is 26.8 Å². The molecule has 3 rings (SSSR count). The van der Waals surface area contributed by atoms with Crippen LogP contribution in [0.5, 0.6) is 0 Å². The molecule has 0 radical (unpaired) electrons. The predicted molar refractivity (Wildman–Crippen MR) is 105 cm³/mol. The number of carbonyl (C=O) groups excluding carboxylic acids is 1. The second kappa shape index (κ2) is 8.72. The molecular formula is C18H15Cl2N3O4S. The maximum absolute atomic E-state index is 12.4. The molecule has 0 aliphatic carbocycles. The van der Waals surface area contributed by atoms with Gasteiger partial charge >= 0.3 is 0 Å². The highest BCUT2D eigenvalue weighted by molar-refractivity contribution is 7.90. The quantitative estimate of drug-likeness (QED) is 0.598. The van der Waals surface area contributed by atoms with Crippen LogP contribution in [0.25, 0.3) is 0 Å². The number of hydrogen-bond acceptors (Lipinski definition) is 6. The molecule has 2 aromatic carbocycles. The van der Waals surface area contributed by atoms with Crippen molar-refractivity contribution in [2.75, 3.05) is 5.32 Å². The number of aromatic nitrogens is 2. The van der Waals surface area contributed by atoms with Gasteiger partial charge in [0.2, 0.25) is 11.8 Å². The van der Waals surface area contributed by atoms with Crippen molar-refractivity contribution < 1.29 is 17.7 Å². The van der Waals surface area contributed by atoms with Gasteiger partial charge < -0.3 is 9.84 Å². The van der Waals surface area contributed by atoms with E-state index in [1.54, 1.807) is 24.3 Å². The molecule has 28 heavy (non-hydrogen) atoms. The first-order valence-electron chi connectivity index (χ1n) is 8.18. The van der Waals surface area contributed by atoms with Gasteiger partial charge in [0.25, 0.3) is 0 Å². The van der Waals surface area contributed by atoms with Crippen molar-refractivity contribution in [1.82, 2.24) is 10.1 Å². The summed E-state index contributed by atoms with van der Waals surface area (Å²) in [6, 6.07) is 12.7. The lowest BCUT2D eigenvalue weighted by atomic mass is 10.2. The lowest BCUT2D eigenvalue weighted by molar-refractivity contribution is -0.116. The van der Waals surface area contributed by atoms with E-state index in [2.05, 4.69) is 15.5 Å². The van der Waals surface area contributed by atoms with Crippen LogP contribution < -0.4 is 5.32 Å². The number of aryl methyl sites for hydroxylation is 1. The van der Waals surface area contributed by atoms with Crippen molar-refractivity contribution in [2.45, 2.75) is 23.5 Å². The van der Waals surface area contributed by atoms with Crippen LogP contribution in [0, 0.1) is 0 Å². The van der Waals surface area contributed by atoms with Gasteiger partial charge in [0.1, 0.15) is 5.75 Å². The molecule has 146 valence electrons. The van der Waals surface area contributed by atoms with Crippen LogP contribution in [0.3, 0.4) is 0 Å². The first-order valence-corrected chi connectivity index (χ1v) is 10.6. The largest absolute Gasteiger partial charge is 0.339 e. The van der Waals surface area contributed by atoms with Gasteiger partial charge in [-0.1, -0.05) is 40.5 Å². The maximum atomic E-state index is 12.4. The van der Waals surface area contributed by atoms with E-state index in [0.29, 0.717) is 15.7 Å². The minimum absolute atomic E-state index is 0.0245. The molecule has 7 nitrogen and oxygen atoms in total. The Bertz CT molecular complexity index is 1080. The van der Waals surface area contributed by atoms with Crippen molar-refractivity contribution in [3.63, 3.8) is 0 Å². The van der Waals surface area contributed by atoms with Crippen LogP contribution in [0.1, 0.15) is 18.1 Å². The SMILES string of the molecule is O=C(CCc1nc(CS(=O)(=O)c2ccc(Cl)cc2)no1)Nc1ccccc1Cl. The number of benzene rings is 2. The number of anilines is 1. The number of carbonyl (C=O) groups is 1. The Kier molecular flexibility index (Phi) is 6.33. The highest BCUT2D eigenvalue weighted by atomic mass is 35.5. The van der Waals surface area contributed by atoms with Crippen molar-refractivity contribution in [2.24, 2.45) is 0 Å². The van der Waals surface area contributed by atoms with Gasteiger partial charge in [-0.15, -0.1) is 0 Å². The molecule has 1 amide bonds. The lowest BCUT2D eigenvalue weighted by Gasteiger charge is -2.05. The fourth-order valence-corrected chi connectivity index (χ4v) is 3.82.